The number of nitrogens with one attached hydrogen (secondary N) is 2. The SMILES string of the molecule is CC(C)(C)c1ccc(NC[C@H]2CC[C@H](NC(=O)c3cc(C(F)(F)F)ccc3Cl)CC2)cc1. The summed E-state index contributed by atoms with van der Waals surface area (Å²) in [4.78, 5) is 12.5. The average molecular weight is 467 g/mol. The number of rotatable bonds is 5. The molecule has 174 valence electrons. The van der Waals surface area contributed by atoms with Crippen LogP contribution >= 0.6 is 11.6 Å². The minimum Gasteiger partial charge on any atom is -0.385 e. The zero-order chi connectivity index (χ0) is 23.5. The maximum Gasteiger partial charge on any atom is 0.416 e. The molecule has 1 aliphatic carbocycles. The van der Waals surface area contributed by atoms with Crippen molar-refractivity contribution in [1.82, 2.24) is 5.32 Å². The van der Waals surface area contributed by atoms with Gasteiger partial charge in [0.05, 0.1) is 16.1 Å². The van der Waals surface area contributed by atoms with E-state index in [4.69, 9.17) is 11.6 Å². The zero-order valence-corrected chi connectivity index (χ0v) is 19.4. The predicted octanol–water partition coefficient (Wildman–Crippen LogP) is 7.06. The van der Waals surface area contributed by atoms with Gasteiger partial charge in [0.25, 0.3) is 5.91 Å². The van der Waals surface area contributed by atoms with E-state index in [1.165, 1.54) is 5.56 Å². The highest BCUT2D eigenvalue weighted by Crippen LogP contribution is 2.32. The molecule has 0 aromatic heterocycles. The Morgan fingerprint density at radius 2 is 1.56 bits per heavy atom. The highest BCUT2D eigenvalue weighted by molar-refractivity contribution is 6.33. The van der Waals surface area contributed by atoms with Crippen LogP contribution in [0.5, 0.6) is 0 Å². The third kappa shape index (κ3) is 6.41. The minimum absolute atomic E-state index is 0.0193. The van der Waals surface area contributed by atoms with Crippen molar-refractivity contribution < 1.29 is 18.0 Å². The fourth-order valence-corrected chi connectivity index (χ4v) is 4.20. The van der Waals surface area contributed by atoms with Crippen LogP contribution in [0.4, 0.5) is 18.9 Å². The summed E-state index contributed by atoms with van der Waals surface area (Å²) >= 11 is 5.98. The van der Waals surface area contributed by atoms with E-state index in [2.05, 4.69) is 55.7 Å². The largest absolute Gasteiger partial charge is 0.416 e. The normalized spacial score (nSPS) is 19.5. The van der Waals surface area contributed by atoms with Crippen LogP contribution in [-0.4, -0.2) is 18.5 Å². The molecule has 1 fully saturated rings. The molecule has 0 aliphatic heterocycles. The Morgan fingerprint density at radius 3 is 2.12 bits per heavy atom. The lowest BCUT2D eigenvalue weighted by atomic mass is 9.85. The first kappa shape index (κ1) is 24.4. The molecule has 7 heteroatoms. The smallest absolute Gasteiger partial charge is 0.385 e. The van der Waals surface area contributed by atoms with E-state index in [-0.39, 0.29) is 22.0 Å². The first-order valence-corrected chi connectivity index (χ1v) is 11.3. The Morgan fingerprint density at radius 1 is 0.969 bits per heavy atom. The molecule has 0 unspecified atom stereocenters. The van der Waals surface area contributed by atoms with Gasteiger partial charge in [-0.3, -0.25) is 4.79 Å². The fraction of sp³-hybridized carbons (Fsp3) is 0.480. The van der Waals surface area contributed by atoms with Crippen molar-refractivity contribution in [3.05, 3.63) is 64.2 Å². The van der Waals surface area contributed by atoms with Crippen molar-refractivity contribution >= 4 is 23.2 Å². The molecule has 0 heterocycles. The van der Waals surface area contributed by atoms with E-state index in [9.17, 15) is 18.0 Å². The molecule has 3 nitrogen and oxygen atoms in total. The van der Waals surface area contributed by atoms with Gasteiger partial charge >= 0.3 is 6.18 Å². The van der Waals surface area contributed by atoms with Gasteiger partial charge < -0.3 is 10.6 Å². The Bertz CT molecular complexity index is 928. The van der Waals surface area contributed by atoms with E-state index < -0.39 is 17.6 Å². The van der Waals surface area contributed by atoms with Crippen molar-refractivity contribution in [3.63, 3.8) is 0 Å². The van der Waals surface area contributed by atoms with Crippen molar-refractivity contribution in [2.24, 2.45) is 5.92 Å². The van der Waals surface area contributed by atoms with Gasteiger partial charge in [-0.2, -0.15) is 13.2 Å². The summed E-state index contributed by atoms with van der Waals surface area (Å²) in [6.45, 7) is 7.42. The van der Waals surface area contributed by atoms with Gasteiger partial charge in [0, 0.05) is 18.3 Å². The number of benzene rings is 2. The highest BCUT2D eigenvalue weighted by atomic mass is 35.5. The summed E-state index contributed by atoms with van der Waals surface area (Å²) in [7, 11) is 0. The zero-order valence-electron chi connectivity index (χ0n) is 18.7. The van der Waals surface area contributed by atoms with E-state index in [0.717, 1.165) is 56.1 Å². The Kier molecular flexibility index (Phi) is 7.43. The van der Waals surface area contributed by atoms with Crippen LogP contribution in [0, 0.1) is 5.92 Å². The number of hydrogen-bond acceptors (Lipinski definition) is 2. The Labute approximate surface area is 192 Å². The molecule has 0 spiro atoms. The monoisotopic (exact) mass is 466 g/mol. The summed E-state index contributed by atoms with van der Waals surface area (Å²) in [6.07, 6.45) is -1.06. The predicted molar refractivity (Wildman–Crippen MR) is 123 cm³/mol. The topological polar surface area (TPSA) is 41.1 Å². The maximum absolute atomic E-state index is 13.0. The number of anilines is 1. The van der Waals surface area contributed by atoms with E-state index in [0.29, 0.717) is 5.92 Å². The van der Waals surface area contributed by atoms with Crippen LogP contribution < -0.4 is 10.6 Å². The summed E-state index contributed by atoms with van der Waals surface area (Å²) in [5, 5.41) is 6.37. The standard InChI is InChI=1S/C25H30ClF3N2O/c1-24(2,3)17-6-11-19(12-7-17)30-15-16-4-9-20(10-5-16)31-23(32)21-14-18(25(27,28)29)8-13-22(21)26/h6-8,11-14,16,20,30H,4-5,9-10,15H2,1-3H3,(H,31,32)/t16-,20-. The summed E-state index contributed by atoms with van der Waals surface area (Å²) in [5.41, 5.74) is 1.49. The molecule has 32 heavy (non-hydrogen) atoms. The number of alkyl halides is 3. The summed E-state index contributed by atoms with van der Waals surface area (Å²) < 4.78 is 38.9. The lowest BCUT2D eigenvalue weighted by molar-refractivity contribution is -0.137. The third-order valence-corrected chi connectivity index (χ3v) is 6.40. The second kappa shape index (κ2) is 9.74. The van der Waals surface area contributed by atoms with Gasteiger partial charge in [0.1, 0.15) is 0 Å². The molecule has 2 aromatic carbocycles. The molecule has 1 amide bonds. The number of hydrogen-bond donors (Lipinski definition) is 2. The second-order valence-corrected chi connectivity index (χ2v) is 10.00. The number of carbonyl (C=O) groups excluding carboxylic acids is 1. The maximum atomic E-state index is 13.0. The van der Waals surface area contributed by atoms with Gasteiger partial charge in [0.2, 0.25) is 0 Å². The fourth-order valence-electron chi connectivity index (χ4n) is 4.00. The van der Waals surface area contributed by atoms with Gasteiger partial charge in [-0.1, -0.05) is 44.5 Å². The molecule has 0 radical (unpaired) electrons. The highest BCUT2D eigenvalue weighted by Gasteiger charge is 2.32. The molecule has 1 aliphatic rings. The molecular formula is C25H30ClF3N2O. The second-order valence-electron chi connectivity index (χ2n) is 9.59. The Hall–Kier alpha value is -2.21. The van der Waals surface area contributed by atoms with Crippen LogP contribution in [0.1, 0.15) is 67.9 Å². The van der Waals surface area contributed by atoms with Gasteiger partial charge in [-0.05, 0) is 72.9 Å². The third-order valence-electron chi connectivity index (χ3n) is 6.07. The Balaban J connectivity index is 1.48. The van der Waals surface area contributed by atoms with Crippen LogP contribution in [0.15, 0.2) is 42.5 Å². The molecular weight excluding hydrogens is 437 g/mol. The lowest BCUT2D eigenvalue weighted by Crippen LogP contribution is -2.38. The summed E-state index contributed by atoms with van der Waals surface area (Å²) in [5.74, 6) is -0.0656. The molecule has 3 rings (SSSR count). The summed E-state index contributed by atoms with van der Waals surface area (Å²) in [6, 6.07) is 11.3. The minimum atomic E-state index is -4.52. The van der Waals surface area contributed by atoms with Crippen LogP contribution in [0.3, 0.4) is 0 Å². The first-order chi connectivity index (χ1) is 14.9. The number of amides is 1. The molecule has 0 saturated heterocycles. The van der Waals surface area contributed by atoms with Crippen molar-refractivity contribution in [2.45, 2.75) is 64.1 Å². The quantitative estimate of drug-likeness (QED) is 0.495. The number of carbonyl (C=O) groups is 1. The molecule has 0 atom stereocenters. The van der Waals surface area contributed by atoms with Crippen LogP contribution in [0.25, 0.3) is 0 Å². The van der Waals surface area contributed by atoms with E-state index >= 15 is 0 Å². The van der Waals surface area contributed by atoms with E-state index in [1.54, 1.807) is 0 Å². The van der Waals surface area contributed by atoms with Crippen molar-refractivity contribution in [1.29, 1.82) is 0 Å². The van der Waals surface area contributed by atoms with Crippen molar-refractivity contribution in [3.8, 4) is 0 Å². The molecule has 0 bridgehead atoms. The van der Waals surface area contributed by atoms with Gasteiger partial charge in [-0.25, -0.2) is 0 Å². The van der Waals surface area contributed by atoms with E-state index in [1.807, 2.05) is 0 Å². The molecule has 1 saturated carbocycles. The molecule has 2 N–H and O–H groups in total. The van der Waals surface area contributed by atoms with Gasteiger partial charge in [0.15, 0.2) is 0 Å². The van der Waals surface area contributed by atoms with Crippen LogP contribution in [-0.2, 0) is 11.6 Å². The van der Waals surface area contributed by atoms with Crippen molar-refractivity contribution in [2.75, 3.05) is 11.9 Å². The lowest BCUT2D eigenvalue weighted by Gasteiger charge is -2.29. The number of halogens is 4. The van der Waals surface area contributed by atoms with Gasteiger partial charge in [-0.15, -0.1) is 0 Å². The van der Waals surface area contributed by atoms with Crippen LogP contribution in [0.2, 0.25) is 5.02 Å². The molecule has 2 aromatic rings. The first-order valence-electron chi connectivity index (χ1n) is 11.0. The average Bonchev–Trinajstić information content (AvgIpc) is 2.72.